The molecule has 1 aromatic heterocycles. The Kier molecular flexibility index (Phi) is 6.30. The smallest absolute Gasteiger partial charge is 0.223 e. The van der Waals surface area contributed by atoms with Crippen LogP contribution < -0.4 is 4.90 Å². The van der Waals surface area contributed by atoms with Crippen molar-refractivity contribution >= 4 is 17.4 Å². The van der Waals surface area contributed by atoms with Gasteiger partial charge in [0.15, 0.2) is 17.4 Å². The lowest BCUT2D eigenvalue weighted by molar-refractivity contribution is -0.131. The second-order valence-corrected chi connectivity index (χ2v) is 7.69. The van der Waals surface area contributed by atoms with Crippen molar-refractivity contribution in [1.29, 1.82) is 0 Å². The Balaban J connectivity index is 1.29. The summed E-state index contributed by atoms with van der Waals surface area (Å²) in [6.07, 6.45) is 1.73. The highest BCUT2D eigenvalue weighted by Crippen LogP contribution is 2.27. The van der Waals surface area contributed by atoms with E-state index in [0.29, 0.717) is 31.7 Å². The topological polar surface area (TPSA) is 66.7 Å². The molecule has 0 bridgehead atoms. The van der Waals surface area contributed by atoms with Gasteiger partial charge < -0.3 is 14.2 Å². The van der Waals surface area contributed by atoms with Gasteiger partial charge in [-0.3, -0.25) is 9.59 Å². The zero-order valence-corrected chi connectivity index (χ0v) is 17.7. The van der Waals surface area contributed by atoms with Gasteiger partial charge in [-0.05, 0) is 43.3 Å². The summed E-state index contributed by atoms with van der Waals surface area (Å²) >= 11 is 0. The van der Waals surface area contributed by atoms with E-state index in [2.05, 4.69) is 9.88 Å². The number of carbonyl (C=O) groups is 2. The highest BCUT2D eigenvalue weighted by Gasteiger charge is 2.22. The van der Waals surface area contributed by atoms with Gasteiger partial charge in [0.05, 0.1) is 11.8 Å². The second kappa shape index (κ2) is 9.30. The average molecular weight is 439 g/mol. The van der Waals surface area contributed by atoms with Crippen LogP contribution in [-0.4, -0.2) is 47.8 Å². The summed E-state index contributed by atoms with van der Waals surface area (Å²) in [5, 5.41) is 0. The Bertz CT molecular complexity index is 1100. The monoisotopic (exact) mass is 439 g/mol. The Morgan fingerprint density at radius 1 is 1.00 bits per heavy atom. The number of rotatable bonds is 6. The molecule has 1 aliphatic rings. The van der Waals surface area contributed by atoms with Gasteiger partial charge >= 0.3 is 0 Å². The third-order valence-electron chi connectivity index (χ3n) is 5.59. The third kappa shape index (κ3) is 4.69. The molecule has 166 valence electrons. The van der Waals surface area contributed by atoms with Crippen molar-refractivity contribution in [3.05, 3.63) is 71.8 Å². The molecule has 0 atom stereocenters. The number of piperazine rings is 1. The molecule has 1 fully saturated rings. The molecule has 1 aliphatic heterocycles. The lowest BCUT2D eigenvalue weighted by atomic mass is 10.1. The number of Topliss-reactive ketones (excluding diaryl/α,β-unsaturated/α-hetero) is 1. The predicted octanol–water partition coefficient (Wildman–Crippen LogP) is 4.10. The van der Waals surface area contributed by atoms with Crippen LogP contribution in [0.5, 0.6) is 0 Å². The number of anilines is 1. The van der Waals surface area contributed by atoms with Gasteiger partial charge in [-0.2, -0.15) is 0 Å². The minimum atomic E-state index is -0.724. The van der Waals surface area contributed by atoms with Crippen molar-refractivity contribution in [2.75, 3.05) is 31.1 Å². The summed E-state index contributed by atoms with van der Waals surface area (Å²) in [6, 6.07) is 11.1. The first-order valence-corrected chi connectivity index (χ1v) is 10.4. The average Bonchev–Trinajstić information content (AvgIpc) is 3.26. The van der Waals surface area contributed by atoms with E-state index in [1.165, 1.54) is 19.2 Å². The highest BCUT2D eigenvalue weighted by atomic mass is 19.1. The van der Waals surface area contributed by atoms with Crippen molar-refractivity contribution in [2.24, 2.45) is 0 Å². The summed E-state index contributed by atoms with van der Waals surface area (Å²) in [6.45, 7) is 4.10. The van der Waals surface area contributed by atoms with E-state index in [9.17, 15) is 18.4 Å². The molecule has 0 aliphatic carbocycles. The van der Waals surface area contributed by atoms with Crippen LogP contribution in [0.3, 0.4) is 0 Å². The Labute approximate surface area is 184 Å². The number of benzene rings is 2. The fourth-order valence-electron chi connectivity index (χ4n) is 3.77. The Morgan fingerprint density at radius 3 is 2.28 bits per heavy atom. The second-order valence-electron chi connectivity index (χ2n) is 7.69. The standard InChI is InChI=1S/C24H23F2N3O3/c1-16(30)17-5-7-18(8-6-17)28-11-13-29(14-12-28)23(31)10-9-22-27-15-21(32-22)24-19(25)3-2-4-20(24)26/h2-8,15H,9-14H2,1H3. The van der Waals surface area contributed by atoms with Gasteiger partial charge in [-0.15, -0.1) is 0 Å². The van der Waals surface area contributed by atoms with Crippen LogP contribution in [0, 0.1) is 11.6 Å². The molecule has 0 spiro atoms. The van der Waals surface area contributed by atoms with Crippen LogP contribution in [0.1, 0.15) is 29.6 Å². The Hall–Kier alpha value is -3.55. The molecule has 2 aromatic carbocycles. The fourth-order valence-corrected chi connectivity index (χ4v) is 3.77. The molecule has 0 saturated carbocycles. The van der Waals surface area contributed by atoms with E-state index in [0.717, 1.165) is 17.8 Å². The maximum Gasteiger partial charge on any atom is 0.223 e. The van der Waals surface area contributed by atoms with E-state index in [1.54, 1.807) is 4.90 Å². The minimum Gasteiger partial charge on any atom is -0.441 e. The van der Waals surface area contributed by atoms with Crippen LogP contribution in [0.15, 0.2) is 53.1 Å². The van der Waals surface area contributed by atoms with E-state index >= 15 is 0 Å². The van der Waals surface area contributed by atoms with E-state index in [-0.39, 0.29) is 41.7 Å². The largest absolute Gasteiger partial charge is 0.441 e. The number of hydrogen-bond donors (Lipinski definition) is 0. The van der Waals surface area contributed by atoms with Crippen LogP contribution in [0.4, 0.5) is 14.5 Å². The number of ketones is 1. The van der Waals surface area contributed by atoms with Crippen molar-refractivity contribution in [3.8, 4) is 11.3 Å². The number of oxazole rings is 1. The summed E-state index contributed by atoms with van der Waals surface area (Å²) in [4.78, 5) is 32.0. The first-order chi connectivity index (χ1) is 15.4. The summed E-state index contributed by atoms with van der Waals surface area (Å²) in [7, 11) is 0. The van der Waals surface area contributed by atoms with Gasteiger partial charge in [0.1, 0.15) is 11.6 Å². The van der Waals surface area contributed by atoms with Crippen LogP contribution in [0.25, 0.3) is 11.3 Å². The highest BCUT2D eigenvalue weighted by molar-refractivity contribution is 5.94. The molecule has 3 aromatic rings. The maximum absolute atomic E-state index is 13.9. The van der Waals surface area contributed by atoms with Gasteiger partial charge in [0.25, 0.3) is 0 Å². The fraction of sp³-hybridized carbons (Fsp3) is 0.292. The van der Waals surface area contributed by atoms with Crippen molar-refractivity contribution in [2.45, 2.75) is 19.8 Å². The molecule has 0 unspecified atom stereocenters. The van der Waals surface area contributed by atoms with E-state index in [4.69, 9.17) is 4.42 Å². The number of amides is 1. The molecule has 2 heterocycles. The molecular formula is C24H23F2N3O3. The maximum atomic E-state index is 13.9. The molecule has 0 radical (unpaired) electrons. The number of nitrogens with zero attached hydrogens (tertiary/aromatic N) is 3. The van der Waals surface area contributed by atoms with E-state index < -0.39 is 11.6 Å². The van der Waals surface area contributed by atoms with Crippen LogP contribution in [0.2, 0.25) is 0 Å². The lowest BCUT2D eigenvalue weighted by Crippen LogP contribution is -2.48. The van der Waals surface area contributed by atoms with Gasteiger partial charge in [0.2, 0.25) is 5.91 Å². The first-order valence-electron chi connectivity index (χ1n) is 10.4. The number of aryl methyl sites for hydroxylation is 1. The number of aromatic nitrogens is 1. The zero-order valence-electron chi connectivity index (χ0n) is 17.7. The minimum absolute atomic E-state index is 0.00690. The molecule has 1 saturated heterocycles. The normalized spacial score (nSPS) is 14.0. The summed E-state index contributed by atoms with van der Waals surface area (Å²) < 4.78 is 33.3. The van der Waals surface area contributed by atoms with Gasteiger partial charge in [-0.1, -0.05) is 6.07 Å². The van der Waals surface area contributed by atoms with Gasteiger partial charge in [0, 0.05) is 50.3 Å². The van der Waals surface area contributed by atoms with Crippen LogP contribution in [-0.2, 0) is 11.2 Å². The van der Waals surface area contributed by atoms with E-state index in [1.807, 2.05) is 24.3 Å². The molecule has 8 heteroatoms. The predicted molar refractivity (Wildman–Crippen MR) is 115 cm³/mol. The number of halogens is 2. The van der Waals surface area contributed by atoms with Gasteiger partial charge in [-0.25, -0.2) is 13.8 Å². The summed E-state index contributed by atoms with van der Waals surface area (Å²) in [5.41, 5.74) is 1.44. The van der Waals surface area contributed by atoms with Crippen molar-refractivity contribution < 1.29 is 22.8 Å². The summed E-state index contributed by atoms with van der Waals surface area (Å²) in [5.74, 6) is -1.17. The molecule has 4 rings (SSSR count). The van der Waals surface area contributed by atoms with Crippen LogP contribution >= 0.6 is 0 Å². The molecule has 6 nitrogen and oxygen atoms in total. The quantitative estimate of drug-likeness (QED) is 0.541. The molecule has 32 heavy (non-hydrogen) atoms. The molecule has 1 amide bonds. The van der Waals surface area contributed by atoms with Crippen molar-refractivity contribution in [3.63, 3.8) is 0 Å². The third-order valence-corrected chi connectivity index (χ3v) is 5.59. The molecule has 0 N–H and O–H groups in total. The lowest BCUT2D eigenvalue weighted by Gasteiger charge is -2.36. The SMILES string of the molecule is CC(=O)c1ccc(N2CCN(C(=O)CCc3ncc(-c4c(F)cccc4F)o3)CC2)cc1. The zero-order chi connectivity index (χ0) is 22.7. The number of hydrogen-bond acceptors (Lipinski definition) is 5. The van der Waals surface area contributed by atoms with Crippen molar-refractivity contribution in [1.82, 2.24) is 9.88 Å². The Morgan fingerprint density at radius 2 is 1.66 bits per heavy atom. The number of carbonyl (C=O) groups excluding carboxylic acids is 2. The molecular weight excluding hydrogens is 416 g/mol. The first kappa shape index (κ1) is 21.7.